The molecule has 1 aromatic carbocycles. The van der Waals surface area contributed by atoms with Gasteiger partial charge in [-0.15, -0.1) is 0 Å². The van der Waals surface area contributed by atoms with Crippen molar-refractivity contribution in [1.82, 2.24) is 0 Å². The third kappa shape index (κ3) is 1.86. The molecule has 1 heterocycles. The number of carbonyl (C=O) groups is 1. The monoisotopic (exact) mass is 249 g/mol. The molecule has 0 bridgehead atoms. The number of primary amides is 1. The molecule has 1 fully saturated rings. The number of carbonyl (C=O) groups excluding carboxylic acids is 1. The highest BCUT2D eigenvalue weighted by molar-refractivity contribution is 5.89. The molecular weight excluding hydrogens is 230 g/mol. The van der Waals surface area contributed by atoms with Crippen LogP contribution in [-0.2, 0) is 14.9 Å². The molecule has 0 unspecified atom stereocenters. The number of benzene rings is 1. The Balaban J connectivity index is 2.47. The molecule has 0 saturated carbocycles. The van der Waals surface area contributed by atoms with E-state index in [1.165, 1.54) is 5.56 Å². The fourth-order valence-corrected chi connectivity index (χ4v) is 2.20. The predicted octanol–water partition coefficient (Wildman–Crippen LogP) is 1.57. The van der Waals surface area contributed by atoms with Crippen molar-refractivity contribution in [3.63, 3.8) is 0 Å². The summed E-state index contributed by atoms with van der Waals surface area (Å²) in [7, 11) is 1.61. The van der Waals surface area contributed by atoms with E-state index in [0.29, 0.717) is 24.9 Å². The molecule has 4 heteroatoms. The average Bonchev–Trinajstić information content (AvgIpc) is 2.27. The molecule has 0 radical (unpaired) electrons. The minimum absolute atomic E-state index is 0.333. The van der Waals surface area contributed by atoms with E-state index in [1.807, 2.05) is 18.2 Å². The number of amides is 1. The Morgan fingerprint density at radius 2 is 2.11 bits per heavy atom. The molecule has 0 spiro atoms. The van der Waals surface area contributed by atoms with E-state index in [-0.39, 0.29) is 5.91 Å². The summed E-state index contributed by atoms with van der Waals surface area (Å²) in [5.41, 5.74) is 6.79. The van der Waals surface area contributed by atoms with Gasteiger partial charge in [0.15, 0.2) is 0 Å². The van der Waals surface area contributed by atoms with Gasteiger partial charge in [-0.2, -0.15) is 0 Å². The number of nitrogens with two attached hydrogens (primary N) is 1. The Kier molecular flexibility index (Phi) is 3.30. The molecule has 98 valence electrons. The summed E-state index contributed by atoms with van der Waals surface area (Å²) in [5, 5.41) is 0. The Morgan fingerprint density at radius 3 is 2.50 bits per heavy atom. The Hall–Kier alpha value is -1.55. The highest BCUT2D eigenvalue weighted by Crippen LogP contribution is 2.39. The number of ether oxygens (including phenoxy) is 2. The van der Waals surface area contributed by atoms with Gasteiger partial charge in [-0.25, -0.2) is 0 Å². The topological polar surface area (TPSA) is 61.5 Å². The second-order valence-corrected chi connectivity index (χ2v) is 5.05. The Labute approximate surface area is 107 Å². The van der Waals surface area contributed by atoms with Crippen molar-refractivity contribution in [2.45, 2.75) is 25.2 Å². The van der Waals surface area contributed by atoms with E-state index in [4.69, 9.17) is 15.2 Å². The van der Waals surface area contributed by atoms with E-state index in [0.717, 1.165) is 5.56 Å². The van der Waals surface area contributed by atoms with Gasteiger partial charge in [0.05, 0.1) is 20.3 Å². The number of hydrogen-bond acceptors (Lipinski definition) is 3. The maximum atomic E-state index is 11.7. The quantitative estimate of drug-likeness (QED) is 0.881. The van der Waals surface area contributed by atoms with Crippen molar-refractivity contribution in [2.24, 2.45) is 5.73 Å². The highest BCUT2D eigenvalue weighted by atomic mass is 16.5. The van der Waals surface area contributed by atoms with Gasteiger partial charge in [0, 0.05) is 5.56 Å². The number of hydrogen-bond donors (Lipinski definition) is 1. The van der Waals surface area contributed by atoms with Gasteiger partial charge in [-0.3, -0.25) is 4.79 Å². The molecule has 4 nitrogen and oxygen atoms in total. The zero-order valence-electron chi connectivity index (χ0n) is 11.0. The normalized spacial score (nSPS) is 17.3. The van der Waals surface area contributed by atoms with Gasteiger partial charge in [0.2, 0.25) is 5.91 Å². The fraction of sp³-hybridized carbons (Fsp3) is 0.500. The van der Waals surface area contributed by atoms with Gasteiger partial charge in [-0.1, -0.05) is 26.0 Å². The molecule has 1 aliphatic rings. The molecule has 1 saturated heterocycles. The summed E-state index contributed by atoms with van der Waals surface area (Å²) >= 11 is 0. The lowest BCUT2D eigenvalue weighted by Crippen LogP contribution is -2.56. The van der Waals surface area contributed by atoms with Crippen LogP contribution >= 0.6 is 0 Å². The molecule has 18 heavy (non-hydrogen) atoms. The number of methoxy groups -OCH3 is 1. The Bertz CT molecular complexity index is 464. The number of rotatable bonds is 4. The maximum Gasteiger partial charge on any atom is 0.232 e. The molecule has 0 aromatic heterocycles. The summed E-state index contributed by atoms with van der Waals surface area (Å²) in [6.45, 7) is 4.90. The van der Waals surface area contributed by atoms with Crippen LogP contribution in [-0.4, -0.2) is 26.2 Å². The van der Waals surface area contributed by atoms with Crippen LogP contribution < -0.4 is 10.5 Å². The second-order valence-electron chi connectivity index (χ2n) is 5.05. The molecule has 2 rings (SSSR count). The SMILES string of the molecule is COc1cc(C(C)C)ccc1C1(C(N)=O)COC1. The molecule has 2 N–H and O–H groups in total. The molecule has 1 aliphatic heterocycles. The van der Waals surface area contributed by atoms with Crippen LogP contribution in [0.25, 0.3) is 0 Å². The fourth-order valence-electron chi connectivity index (χ4n) is 2.20. The molecule has 0 atom stereocenters. The van der Waals surface area contributed by atoms with Crippen LogP contribution in [0.15, 0.2) is 18.2 Å². The predicted molar refractivity (Wildman–Crippen MR) is 68.8 cm³/mol. The van der Waals surface area contributed by atoms with Crippen molar-refractivity contribution in [3.05, 3.63) is 29.3 Å². The highest BCUT2D eigenvalue weighted by Gasteiger charge is 2.48. The van der Waals surface area contributed by atoms with E-state index in [9.17, 15) is 4.79 Å². The zero-order chi connectivity index (χ0) is 13.3. The summed E-state index contributed by atoms with van der Waals surface area (Å²) in [5.74, 6) is 0.766. The lowest BCUT2D eigenvalue weighted by molar-refractivity contribution is -0.141. The van der Waals surface area contributed by atoms with Crippen LogP contribution in [0.1, 0.15) is 30.9 Å². The van der Waals surface area contributed by atoms with Crippen molar-refractivity contribution in [1.29, 1.82) is 0 Å². The lowest BCUT2D eigenvalue weighted by Gasteiger charge is -2.39. The standard InChI is InChI=1S/C14H19NO3/c1-9(2)10-4-5-11(12(6-10)17-3)14(13(15)16)7-18-8-14/h4-6,9H,7-8H2,1-3H3,(H2,15,16). The van der Waals surface area contributed by atoms with Crippen LogP contribution in [0.5, 0.6) is 5.75 Å². The van der Waals surface area contributed by atoms with Crippen molar-refractivity contribution < 1.29 is 14.3 Å². The van der Waals surface area contributed by atoms with E-state index < -0.39 is 5.41 Å². The van der Waals surface area contributed by atoms with Crippen LogP contribution in [0.4, 0.5) is 0 Å². The first-order valence-electron chi connectivity index (χ1n) is 6.07. The van der Waals surface area contributed by atoms with E-state index in [1.54, 1.807) is 7.11 Å². The smallest absolute Gasteiger partial charge is 0.232 e. The summed E-state index contributed by atoms with van der Waals surface area (Å²) in [6, 6.07) is 5.93. The van der Waals surface area contributed by atoms with Gasteiger partial charge < -0.3 is 15.2 Å². The van der Waals surface area contributed by atoms with Crippen molar-refractivity contribution >= 4 is 5.91 Å². The summed E-state index contributed by atoms with van der Waals surface area (Å²) < 4.78 is 10.6. The van der Waals surface area contributed by atoms with E-state index in [2.05, 4.69) is 13.8 Å². The van der Waals surface area contributed by atoms with Gasteiger partial charge in [0.1, 0.15) is 11.2 Å². The van der Waals surface area contributed by atoms with Crippen molar-refractivity contribution in [3.8, 4) is 5.75 Å². The molecule has 0 aliphatic carbocycles. The second kappa shape index (κ2) is 4.61. The van der Waals surface area contributed by atoms with Gasteiger partial charge >= 0.3 is 0 Å². The maximum absolute atomic E-state index is 11.7. The van der Waals surface area contributed by atoms with Crippen molar-refractivity contribution in [2.75, 3.05) is 20.3 Å². The lowest BCUT2D eigenvalue weighted by atomic mass is 9.77. The average molecular weight is 249 g/mol. The first-order valence-corrected chi connectivity index (χ1v) is 6.07. The zero-order valence-corrected chi connectivity index (χ0v) is 11.0. The summed E-state index contributed by atoms with van der Waals surface area (Å²) in [6.07, 6.45) is 0. The third-order valence-electron chi connectivity index (χ3n) is 3.58. The van der Waals surface area contributed by atoms with Crippen LogP contribution in [0.2, 0.25) is 0 Å². The Morgan fingerprint density at radius 1 is 1.44 bits per heavy atom. The third-order valence-corrected chi connectivity index (χ3v) is 3.58. The first kappa shape index (κ1) is 12.9. The van der Waals surface area contributed by atoms with Crippen LogP contribution in [0, 0.1) is 0 Å². The largest absolute Gasteiger partial charge is 0.496 e. The minimum atomic E-state index is -0.721. The van der Waals surface area contributed by atoms with Crippen LogP contribution in [0.3, 0.4) is 0 Å². The van der Waals surface area contributed by atoms with Gasteiger partial charge in [0.25, 0.3) is 0 Å². The first-order chi connectivity index (χ1) is 8.51. The summed E-state index contributed by atoms with van der Waals surface area (Å²) in [4.78, 5) is 11.7. The molecule has 1 amide bonds. The van der Waals surface area contributed by atoms with E-state index >= 15 is 0 Å². The minimum Gasteiger partial charge on any atom is -0.496 e. The molecular formula is C14H19NO3. The van der Waals surface area contributed by atoms with Gasteiger partial charge in [-0.05, 0) is 17.5 Å². The molecule has 1 aromatic rings.